The van der Waals surface area contributed by atoms with Crippen LogP contribution in [-0.4, -0.2) is 34.5 Å². The smallest absolute Gasteiger partial charge is 0.216 e. The van der Waals surface area contributed by atoms with Crippen molar-refractivity contribution in [2.45, 2.75) is 39.2 Å². The molecule has 1 amide bonds. The van der Waals surface area contributed by atoms with Crippen molar-refractivity contribution in [2.75, 3.05) is 12.3 Å². The second-order valence-corrected chi connectivity index (χ2v) is 4.60. The van der Waals surface area contributed by atoms with Gasteiger partial charge in [0, 0.05) is 25.6 Å². The Morgan fingerprint density at radius 1 is 1.47 bits per heavy atom. The van der Waals surface area contributed by atoms with Gasteiger partial charge < -0.3 is 10.4 Å². The third-order valence-electron chi connectivity index (χ3n) is 1.74. The highest BCUT2D eigenvalue weighted by Crippen LogP contribution is 2.09. The van der Waals surface area contributed by atoms with E-state index in [0.717, 1.165) is 6.42 Å². The van der Waals surface area contributed by atoms with Crippen LogP contribution in [0.1, 0.15) is 33.1 Å². The van der Waals surface area contributed by atoms with Gasteiger partial charge in [0.2, 0.25) is 5.91 Å². The summed E-state index contributed by atoms with van der Waals surface area (Å²) in [6.07, 6.45) is 1.55. The van der Waals surface area contributed by atoms with Crippen LogP contribution in [0.25, 0.3) is 0 Å². The van der Waals surface area contributed by atoms with E-state index < -0.39 is 0 Å². The van der Waals surface area contributed by atoms with E-state index in [9.17, 15) is 9.59 Å². The number of thioether (sulfide) groups is 1. The third-order valence-corrected chi connectivity index (χ3v) is 2.68. The van der Waals surface area contributed by atoms with Gasteiger partial charge in [-0.2, -0.15) is 0 Å². The molecule has 0 saturated heterocycles. The van der Waals surface area contributed by atoms with E-state index >= 15 is 0 Å². The van der Waals surface area contributed by atoms with Gasteiger partial charge in [-0.15, -0.1) is 0 Å². The molecule has 0 unspecified atom stereocenters. The van der Waals surface area contributed by atoms with Gasteiger partial charge in [0.15, 0.2) is 5.12 Å². The van der Waals surface area contributed by atoms with E-state index in [1.807, 2.05) is 0 Å². The first-order chi connectivity index (χ1) is 7.02. The second kappa shape index (κ2) is 8.73. The van der Waals surface area contributed by atoms with E-state index in [2.05, 4.69) is 5.32 Å². The molecule has 0 radical (unpaired) electrons. The number of amides is 1. The van der Waals surface area contributed by atoms with E-state index in [4.69, 9.17) is 5.11 Å². The summed E-state index contributed by atoms with van der Waals surface area (Å²) in [6, 6.07) is 0. The zero-order valence-corrected chi connectivity index (χ0v) is 10.1. The first kappa shape index (κ1) is 14.5. The summed E-state index contributed by atoms with van der Waals surface area (Å²) in [5.41, 5.74) is 0. The minimum absolute atomic E-state index is 0.0721. The molecule has 0 aliphatic heterocycles. The molecule has 1 atom stereocenters. The molecule has 5 heteroatoms. The molecular weight excluding hydrogens is 216 g/mol. The molecule has 0 spiro atoms. The number of carbonyl (C=O) groups is 2. The number of aliphatic hydroxyl groups is 1. The SMILES string of the molecule is CC(=O)NCCSC(=O)[13CH2][13CH2]C[C@H](C)O. The number of aliphatic hydroxyl groups excluding tert-OH is 1. The molecule has 0 aromatic heterocycles. The Kier molecular flexibility index (Phi) is 8.41. The minimum Gasteiger partial charge on any atom is -0.393 e. The van der Waals surface area contributed by atoms with Gasteiger partial charge in [0.25, 0.3) is 0 Å². The molecular formula is C10H19NO3S. The van der Waals surface area contributed by atoms with Gasteiger partial charge in [0.05, 0.1) is 6.10 Å². The molecule has 0 saturated carbocycles. The quantitative estimate of drug-likeness (QED) is 0.509. The monoisotopic (exact) mass is 235 g/mol. The van der Waals surface area contributed by atoms with E-state index in [1.54, 1.807) is 6.92 Å². The summed E-state index contributed by atoms with van der Waals surface area (Å²) >= 11 is 1.23. The van der Waals surface area contributed by atoms with Crippen LogP contribution in [0.3, 0.4) is 0 Å². The molecule has 0 aliphatic rings. The van der Waals surface area contributed by atoms with Crippen LogP contribution in [0.2, 0.25) is 0 Å². The largest absolute Gasteiger partial charge is 0.393 e. The normalized spacial score (nSPS) is 12.2. The zero-order valence-electron chi connectivity index (χ0n) is 9.28. The standard InChI is InChI=1S/C10H19NO3S/c1-8(12)4-3-5-10(14)15-7-6-11-9(2)13/h8,12H,3-7H2,1-2H3,(H,11,13)/t8-/m0/s1/i3+1,5+1. The van der Waals surface area contributed by atoms with E-state index in [0.29, 0.717) is 25.1 Å². The first-order valence-electron chi connectivity index (χ1n) is 5.10. The maximum Gasteiger partial charge on any atom is 0.216 e. The molecule has 88 valence electrons. The lowest BCUT2D eigenvalue weighted by molar-refractivity contribution is -0.118. The van der Waals surface area contributed by atoms with Gasteiger partial charge in [-0.1, -0.05) is 11.8 Å². The topological polar surface area (TPSA) is 66.4 Å². The van der Waals surface area contributed by atoms with Crippen molar-refractivity contribution in [3.8, 4) is 0 Å². The lowest BCUT2D eigenvalue weighted by Crippen LogP contribution is -2.22. The van der Waals surface area contributed by atoms with Crippen molar-refractivity contribution in [3.63, 3.8) is 0 Å². The number of nitrogens with one attached hydrogen (secondary N) is 1. The molecule has 0 aromatic rings. The van der Waals surface area contributed by atoms with Crippen molar-refractivity contribution in [1.29, 1.82) is 0 Å². The first-order valence-corrected chi connectivity index (χ1v) is 6.09. The van der Waals surface area contributed by atoms with Crippen molar-refractivity contribution in [1.82, 2.24) is 5.32 Å². The molecule has 4 nitrogen and oxygen atoms in total. The van der Waals surface area contributed by atoms with Gasteiger partial charge in [-0.05, 0) is 19.8 Å². The highest BCUT2D eigenvalue weighted by atomic mass is 32.2. The Labute approximate surface area is 94.8 Å². The molecule has 0 bridgehead atoms. The zero-order chi connectivity index (χ0) is 11.7. The van der Waals surface area contributed by atoms with Crippen LogP contribution in [-0.2, 0) is 9.59 Å². The summed E-state index contributed by atoms with van der Waals surface area (Å²) in [5.74, 6) is 0.546. The fourth-order valence-electron chi connectivity index (χ4n) is 1.01. The molecule has 0 fully saturated rings. The van der Waals surface area contributed by atoms with Crippen LogP contribution in [0.15, 0.2) is 0 Å². The Balaban J connectivity index is 3.30. The Morgan fingerprint density at radius 2 is 2.13 bits per heavy atom. The summed E-state index contributed by atoms with van der Waals surface area (Å²) < 4.78 is 0. The van der Waals surface area contributed by atoms with Crippen LogP contribution < -0.4 is 5.32 Å². The summed E-state index contributed by atoms with van der Waals surface area (Å²) in [4.78, 5) is 21.7. The Morgan fingerprint density at radius 3 is 2.67 bits per heavy atom. The van der Waals surface area contributed by atoms with E-state index in [-0.39, 0.29) is 17.1 Å². The lowest BCUT2D eigenvalue weighted by atomic mass is 10.4. The molecule has 2 N–H and O–H groups in total. The number of carbonyl (C=O) groups excluding carboxylic acids is 2. The average molecular weight is 235 g/mol. The fourth-order valence-corrected chi connectivity index (χ4v) is 1.73. The molecule has 0 aromatic carbocycles. The summed E-state index contributed by atoms with van der Waals surface area (Å²) in [7, 11) is 0. The Bertz CT molecular complexity index is 207. The Hall–Kier alpha value is -0.550. The van der Waals surface area contributed by atoms with Gasteiger partial charge in [0.1, 0.15) is 0 Å². The predicted molar refractivity (Wildman–Crippen MR) is 61.7 cm³/mol. The molecule has 0 rings (SSSR count). The lowest BCUT2D eigenvalue weighted by Gasteiger charge is -2.03. The average Bonchev–Trinajstić information content (AvgIpc) is 2.11. The minimum atomic E-state index is -0.331. The maximum absolute atomic E-state index is 11.2. The van der Waals surface area contributed by atoms with Gasteiger partial charge >= 0.3 is 0 Å². The highest BCUT2D eigenvalue weighted by Gasteiger charge is 2.03. The van der Waals surface area contributed by atoms with Crippen LogP contribution >= 0.6 is 11.8 Å². The fraction of sp³-hybridized carbons (Fsp3) is 0.800. The van der Waals surface area contributed by atoms with Gasteiger partial charge in [-0.25, -0.2) is 0 Å². The summed E-state index contributed by atoms with van der Waals surface area (Å²) in [5, 5.41) is 11.7. The second-order valence-electron chi connectivity index (χ2n) is 3.44. The van der Waals surface area contributed by atoms with Crippen LogP contribution in [0.4, 0.5) is 0 Å². The number of rotatable bonds is 7. The highest BCUT2D eigenvalue weighted by molar-refractivity contribution is 8.13. The number of hydrogen-bond acceptors (Lipinski definition) is 4. The number of hydrogen-bond donors (Lipinski definition) is 2. The van der Waals surface area contributed by atoms with E-state index in [1.165, 1.54) is 18.7 Å². The molecule has 0 heterocycles. The van der Waals surface area contributed by atoms with Crippen LogP contribution in [0, 0.1) is 0 Å². The van der Waals surface area contributed by atoms with Gasteiger partial charge in [-0.3, -0.25) is 9.59 Å². The summed E-state index contributed by atoms with van der Waals surface area (Å²) in [6.45, 7) is 3.70. The van der Waals surface area contributed by atoms with Crippen molar-refractivity contribution in [2.24, 2.45) is 0 Å². The molecule has 15 heavy (non-hydrogen) atoms. The van der Waals surface area contributed by atoms with Crippen molar-refractivity contribution < 1.29 is 14.7 Å². The third kappa shape index (κ3) is 11.4. The molecule has 0 aliphatic carbocycles. The van der Waals surface area contributed by atoms with Crippen LogP contribution in [0.5, 0.6) is 0 Å². The van der Waals surface area contributed by atoms with Crippen molar-refractivity contribution in [3.05, 3.63) is 0 Å². The maximum atomic E-state index is 11.2. The predicted octanol–water partition coefficient (Wildman–Crippen LogP) is 0.933. The van der Waals surface area contributed by atoms with Crippen molar-refractivity contribution >= 4 is 22.8 Å².